The number of ether oxygens (including phenoxy) is 1. The maximum Gasteiger partial charge on any atom is 0.343 e. The van der Waals surface area contributed by atoms with Crippen molar-refractivity contribution in [2.45, 2.75) is 47.3 Å². The second-order valence-corrected chi connectivity index (χ2v) is 9.42. The number of H-pyrrole nitrogens is 1. The number of nitrogens with one attached hydrogen (secondary N) is 1. The predicted octanol–water partition coefficient (Wildman–Crippen LogP) is 5.03. The average Bonchev–Trinajstić information content (AvgIpc) is 3.18. The van der Waals surface area contributed by atoms with E-state index in [-0.39, 0.29) is 22.1 Å². The number of halogens is 1. The van der Waals surface area contributed by atoms with Crippen LogP contribution >= 0.6 is 22.9 Å². The van der Waals surface area contributed by atoms with Gasteiger partial charge in [-0.05, 0) is 45.7 Å². The van der Waals surface area contributed by atoms with Crippen LogP contribution in [0.2, 0.25) is 5.15 Å². The van der Waals surface area contributed by atoms with Crippen LogP contribution in [-0.2, 0) is 11.3 Å². The summed E-state index contributed by atoms with van der Waals surface area (Å²) in [6.45, 7) is 9.67. The Labute approximate surface area is 194 Å². The molecule has 0 amide bonds. The Morgan fingerprint density at radius 3 is 2.59 bits per heavy atom. The number of hydrogen-bond acceptors (Lipinski definition) is 6. The Hall–Kier alpha value is -2.97. The van der Waals surface area contributed by atoms with Gasteiger partial charge in [-0.15, -0.1) is 11.3 Å². The van der Waals surface area contributed by atoms with Gasteiger partial charge in [0.15, 0.2) is 11.9 Å². The van der Waals surface area contributed by atoms with Crippen LogP contribution in [0.15, 0.2) is 29.1 Å². The van der Waals surface area contributed by atoms with Gasteiger partial charge < -0.3 is 9.72 Å². The Morgan fingerprint density at radius 1 is 1.22 bits per heavy atom. The molecule has 1 unspecified atom stereocenters. The zero-order valence-corrected chi connectivity index (χ0v) is 20.0. The number of aromatic amines is 1. The van der Waals surface area contributed by atoms with Crippen molar-refractivity contribution < 1.29 is 9.53 Å². The molecule has 0 aliphatic carbocycles. The van der Waals surface area contributed by atoms with Crippen molar-refractivity contribution in [2.75, 3.05) is 0 Å². The number of rotatable bonds is 5. The van der Waals surface area contributed by atoms with Crippen LogP contribution in [0.4, 0.5) is 0 Å². The lowest BCUT2D eigenvalue weighted by Crippen LogP contribution is -2.17. The predicted molar refractivity (Wildman–Crippen MR) is 126 cm³/mol. The molecule has 0 saturated heterocycles. The molecule has 0 radical (unpaired) electrons. The second kappa shape index (κ2) is 8.52. The van der Waals surface area contributed by atoms with Crippen molar-refractivity contribution in [3.05, 3.63) is 78.4 Å². The zero-order chi connectivity index (χ0) is 23.2. The minimum atomic E-state index is -0.766. The maximum absolute atomic E-state index is 12.9. The molecule has 1 N–H and O–H groups in total. The highest BCUT2D eigenvalue weighted by Crippen LogP contribution is 2.28. The van der Waals surface area contributed by atoms with E-state index < -0.39 is 12.1 Å². The van der Waals surface area contributed by atoms with E-state index in [2.05, 4.69) is 15.1 Å². The summed E-state index contributed by atoms with van der Waals surface area (Å²) in [6, 6.07) is 8.01. The standard InChI is InChI=1S/C23H23ClN4O3S/c1-11-6-8-16(9-7-11)10-28-19(24)18(13(3)27-28)23(30)31-14(4)20-25-21(29)17-12(2)15(5)32-22(17)26-20/h6-9,14H,10H2,1-5H3,(H,25,26,29). The van der Waals surface area contributed by atoms with E-state index in [0.29, 0.717) is 22.5 Å². The SMILES string of the molecule is Cc1ccc(Cn2nc(C)c(C(=O)OC(C)c3nc4sc(C)c(C)c4c(=O)[nH]3)c2Cl)cc1. The molecule has 0 aliphatic heterocycles. The summed E-state index contributed by atoms with van der Waals surface area (Å²) in [7, 11) is 0. The highest BCUT2D eigenvalue weighted by molar-refractivity contribution is 7.18. The summed E-state index contributed by atoms with van der Waals surface area (Å²) in [5.74, 6) is -0.325. The van der Waals surface area contributed by atoms with E-state index in [0.717, 1.165) is 21.6 Å². The van der Waals surface area contributed by atoms with Gasteiger partial charge in [0.05, 0.1) is 17.6 Å². The molecular formula is C23H23ClN4O3S. The molecule has 4 rings (SSSR count). The molecule has 3 heterocycles. The van der Waals surface area contributed by atoms with Crippen molar-refractivity contribution in [1.82, 2.24) is 19.7 Å². The number of nitrogens with zero attached hydrogens (tertiary/aromatic N) is 3. The summed E-state index contributed by atoms with van der Waals surface area (Å²) in [5, 5.41) is 5.19. The minimum Gasteiger partial charge on any atom is -0.451 e. The number of hydrogen-bond donors (Lipinski definition) is 1. The largest absolute Gasteiger partial charge is 0.451 e. The first kappa shape index (κ1) is 22.2. The van der Waals surface area contributed by atoms with E-state index in [1.165, 1.54) is 11.3 Å². The second-order valence-electron chi connectivity index (χ2n) is 7.86. The van der Waals surface area contributed by atoms with Crippen molar-refractivity contribution in [1.29, 1.82) is 0 Å². The third-order valence-electron chi connectivity index (χ3n) is 5.45. The summed E-state index contributed by atoms with van der Waals surface area (Å²) in [6.07, 6.45) is -0.766. The molecule has 7 nitrogen and oxygen atoms in total. The molecule has 32 heavy (non-hydrogen) atoms. The lowest BCUT2D eigenvalue weighted by molar-refractivity contribution is 0.0319. The molecule has 0 bridgehead atoms. The van der Waals surface area contributed by atoms with Crippen molar-refractivity contribution in [2.24, 2.45) is 0 Å². The Balaban J connectivity index is 1.57. The Bertz CT molecular complexity index is 1390. The van der Waals surface area contributed by atoms with E-state index in [1.54, 1.807) is 18.5 Å². The molecular weight excluding hydrogens is 448 g/mol. The summed E-state index contributed by atoms with van der Waals surface area (Å²) in [4.78, 5) is 34.4. The van der Waals surface area contributed by atoms with Crippen molar-refractivity contribution in [3.8, 4) is 0 Å². The lowest BCUT2D eigenvalue weighted by Gasteiger charge is -2.12. The van der Waals surface area contributed by atoms with Crippen LogP contribution in [0.1, 0.15) is 56.5 Å². The number of benzene rings is 1. The van der Waals surface area contributed by atoms with Gasteiger partial charge >= 0.3 is 5.97 Å². The molecule has 166 valence electrons. The van der Waals surface area contributed by atoms with Gasteiger partial charge in [-0.1, -0.05) is 41.4 Å². The first-order chi connectivity index (χ1) is 15.2. The van der Waals surface area contributed by atoms with Gasteiger partial charge in [-0.3, -0.25) is 4.79 Å². The molecule has 1 atom stereocenters. The normalized spacial score (nSPS) is 12.3. The van der Waals surface area contributed by atoms with Crippen LogP contribution < -0.4 is 5.56 Å². The number of carbonyl (C=O) groups excluding carboxylic acids is 1. The first-order valence-corrected chi connectivity index (χ1v) is 11.3. The molecule has 3 aromatic heterocycles. The fourth-order valence-electron chi connectivity index (χ4n) is 3.50. The number of carbonyl (C=O) groups is 1. The van der Waals surface area contributed by atoms with Crippen molar-refractivity contribution in [3.63, 3.8) is 0 Å². The first-order valence-electron chi connectivity index (χ1n) is 10.1. The van der Waals surface area contributed by atoms with Crippen LogP contribution in [-0.4, -0.2) is 25.7 Å². The molecule has 9 heteroatoms. The van der Waals surface area contributed by atoms with Gasteiger partial charge in [0, 0.05) is 4.88 Å². The molecule has 0 saturated carbocycles. The quantitative estimate of drug-likeness (QED) is 0.413. The fourth-order valence-corrected chi connectivity index (χ4v) is 4.84. The number of thiophene rings is 1. The van der Waals surface area contributed by atoms with E-state index in [4.69, 9.17) is 16.3 Å². The van der Waals surface area contributed by atoms with Crippen LogP contribution in [0.25, 0.3) is 10.2 Å². The molecule has 0 spiro atoms. The van der Waals surface area contributed by atoms with Gasteiger partial charge in [0.2, 0.25) is 0 Å². The third-order valence-corrected chi connectivity index (χ3v) is 6.93. The number of aryl methyl sites for hydroxylation is 4. The van der Waals surface area contributed by atoms with Gasteiger partial charge in [0.1, 0.15) is 15.5 Å². The monoisotopic (exact) mass is 470 g/mol. The minimum absolute atomic E-state index is 0.205. The molecule has 1 aromatic carbocycles. The highest BCUT2D eigenvalue weighted by Gasteiger charge is 2.25. The third kappa shape index (κ3) is 4.08. The maximum atomic E-state index is 12.9. The van der Waals surface area contributed by atoms with Crippen molar-refractivity contribution >= 4 is 39.1 Å². The summed E-state index contributed by atoms with van der Waals surface area (Å²) >= 11 is 7.93. The van der Waals surface area contributed by atoms with Gasteiger partial charge in [0.25, 0.3) is 5.56 Å². The highest BCUT2D eigenvalue weighted by atomic mass is 35.5. The Morgan fingerprint density at radius 2 is 1.91 bits per heavy atom. The van der Waals surface area contributed by atoms with Crippen LogP contribution in [0.5, 0.6) is 0 Å². The zero-order valence-electron chi connectivity index (χ0n) is 18.4. The van der Waals surface area contributed by atoms with Gasteiger partial charge in [-0.2, -0.15) is 5.10 Å². The molecule has 0 aliphatic rings. The smallest absolute Gasteiger partial charge is 0.343 e. The van der Waals surface area contributed by atoms with E-state index >= 15 is 0 Å². The number of fused-ring (bicyclic) bond motifs is 1. The van der Waals surface area contributed by atoms with E-state index in [1.807, 2.05) is 45.0 Å². The fraction of sp³-hybridized carbons (Fsp3) is 0.304. The average molecular weight is 471 g/mol. The lowest BCUT2D eigenvalue weighted by atomic mass is 10.1. The number of esters is 1. The summed E-state index contributed by atoms with van der Waals surface area (Å²) in [5.41, 5.74) is 3.53. The number of aromatic nitrogens is 4. The van der Waals surface area contributed by atoms with E-state index in [9.17, 15) is 9.59 Å². The Kier molecular flexibility index (Phi) is 5.92. The van der Waals surface area contributed by atoms with Crippen LogP contribution in [0, 0.1) is 27.7 Å². The molecule has 4 aromatic rings. The molecule has 0 fully saturated rings. The topological polar surface area (TPSA) is 89.9 Å². The van der Waals surface area contributed by atoms with Gasteiger partial charge in [-0.25, -0.2) is 14.5 Å². The summed E-state index contributed by atoms with van der Waals surface area (Å²) < 4.78 is 7.18. The van der Waals surface area contributed by atoms with Crippen LogP contribution in [0.3, 0.4) is 0 Å².